The molecule has 1 aromatic rings. The summed E-state index contributed by atoms with van der Waals surface area (Å²) in [6.07, 6.45) is 1.76. The number of hydrogen-bond acceptors (Lipinski definition) is 5. The molecule has 27 heavy (non-hydrogen) atoms. The zero-order valence-corrected chi connectivity index (χ0v) is 14.6. The van der Waals surface area contributed by atoms with Crippen molar-refractivity contribution in [2.75, 3.05) is 13.1 Å². The maximum absolute atomic E-state index is 13.0. The zero-order valence-electron chi connectivity index (χ0n) is 14.6. The van der Waals surface area contributed by atoms with E-state index in [9.17, 15) is 23.3 Å². The van der Waals surface area contributed by atoms with E-state index in [1.54, 1.807) is 0 Å². The second-order valence-electron chi connectivity index (χ2n) is 7.48. The van der Waals surface area contributed by atoms with Crippen LogP contribution < -0.4 is 4.74 Å². The van der Waals surface area contributed by atoms with E-state index in [4.69, 9.17) is 4.74 Å². The number of piperidine rings is 1. The van der Waals surface area contributed by atoms with E-state index >= 15 is 0 Å². The summed E-state index contributed by atoms with van der Waals surface area (Å²) in [5.41, 5.74) is -1.77. The number of fused-ring (bicyclic) bond motifs is 2. The van der Waals surface area contributed by atoms with E-state index in [0.717, 1.165) is 32.0 Å². The van der Waals surface area contributed by atoms with Crippen molar-refractivity contribution in [2.24, 2.45) is 16.8 Å². The molecule has 2 heterocycles. The van der Waals surface area contributed by atoms with E-state index in [-0.39, 0.29) is 11.3 Å². The molecule has 0 N–H and O–H groups in total. The Bertz CT molecular complexity index is 781. The number of benzene rings is 1. The van der Waals surface area contributed by atoms with Crippen LogP contribution in [0.1, 0.15) is 43.2 Å². The molecule has 1 aromatic carbocycles. The second-order valence-corrected chi connectivity index (χ2v) is 7.48. The van der Waals surface area contributed by atoms with Crippen molar-refractivity contribution < 1.29 is 22.8 Å². The van der Waals surface area contributed by atoms with Crippen molar-refractivity contribution in [1.29, 1.82) is 0 Å². The standard InChI is InChI=1S/C18H20F3N3O3/c19-18(20,21)14-7-13-9-22-17(27-16(13)15(8-14)24(25)26)23-6-5-11-3-1-2-4-12(11)10-23/h7-9,11-12,17H,1-6,10H2/t11-,12-,17?/m1/s1. The van der Waals surface area contributed by atoms with Gasteiger partial charge in [-0.05, 0) is 30.7 Å². The molecule has 0 spiro atoms. The van der Waals surface area contributed by atoms with Crippen LogP contribution in [-0.2, 0) is 6.18 Å². The largest absolute Gasteiger partial charge is 0.447 e. The molecule has 0 radical (unpaired) electrons. The van der Waals surface area contributed by atoms with Gasteiger partial charge in [-0.2, -0.15) is 13.2 Å². The number of hydrogen-bond donors (Lipinski definition) is 0. The Morgan fingerprint density at radius 1 is 1.19 bits per heavy atom. The summed E-state index contributed by atoms with van der Waals surface area (Å²) in [7, 11) is 0. The maximum atomic E-state index is 13.0. The van der Waals surface area contributed by atoms with Gasteiger partial charge >= 0.3 is 11.9 Å². The molecule has 1 unspecified atom stereocenters. The third kappa shape index (κ3) is 3.52. The molecule has 0 bridgehead atoms. The van der Waals surface area contributed by atoms with Crippen LogP contribution in [0.15, 0.2) is 17.1 Å². The fraction of sp³-hybridized carbons (Fsp3) is 0.611. The van der Waals surface area contributed by atoms with Crippen molar-refractivity contribution in [3.05, 3.63) is 33.4 Å². The number of nitrogens with zero attached hydrogens (tertiary/aromatic N) is 3. The maximum Gasteiger partial charge on any atom is 0.416 e. The van der Waals surface area contributed by atoms with Gasteiger partial charge in [-0.25, -0.2) is 9.89 Å². The predicted octanol–water partition coefficient (Wildman–Crippen LogP) is 4.22. The van der Waals surface area contributed by atoms with E-state index < -0.39 is 28.7 Å². The van der Waals surface area contributed by atoms with E-state index in [2.05, 4.69) is 4.99 Å². The minimum absolute atomic E-state index is 0.0136. The molecular formula is C18H20F3N3O3. The molecule has 1 saturated heterocycles. The predicted molar refractivity (Wildman–Crippen MR) is 91.7 cm³/mol. The van der Waals surface area contributed by atoms with Gasteiger partial charge in [-0.1, -0.05) is 19.3 Å². The second kappa shape index (κ2) is 6.78. The topological polar surface area (TPSA) is 68.0 Å². The minimum atomic E-state index is -4.67. The molecule has 6 nitrogen and oxygen atoms in total. The first kappa shape index (κ1) is 18.2. The summed E-state index contributed by atoms with van der Waals surface area (Å²) >= 11 is 0. The van der Waals surface area contributed by atoms with Crippen LogP contribution in [0.5, 0.6) is 5.75 Å². The highest BCUT2D eigenvalue weighted by molar-refractivity contribution is 5.87. The smallest absolute Gasteiger partial charge is 0.416 e. The average Bonchev–Trinajstić information content (AvgIpc) is 2.65. The number of aliphatic imine (C=N–C) groups is 1. The molecule has 3 atom stereocenters. The van der Waals surface area contributed by atoms with Crippen LogP contribution in [0.4, 0.5) is 18.9 Å². The summed E-state index contributed by atoms with van der Waals surface area (Å²) in [6, 6.07) is 1.37. The number of likely N-dealkylation sites (tertiary alicyclic amines) is 1. The van der Waals surface area contributed by atoms with Crippen LogP contribution in [0.2, 0.25) is 0 Å². The van der Waals surface area contributed by atoms with Gasteiger partial charge in [0.25, 0.3) is 0 Å². The number of rotatable bonds is 2. The highest BCUT2D eigenvalue weighted by Gasteiger charge is 2.39. The summed E-state index contributed by atoms with van der Waals surface area (Å²) in [5.74, 6) is 1.13. The van der Waals surface area contributed by atoms with Crippen LogP contribution in [-0.4, -0.2) is 35.5 Å². The molecule has 2 fully saturated rings. The number of nitro benzene ring substituents is 1. The Labute approximate surface area is 154 Å². The van der Waals surface area contributed by atoms with Crippen molar-refractivity contribution in [3.63, 3.8) is 0 Å². The van der Waals surface area contributed by atoms with Crippen LogP contribution in [0, 0.1) is 22.0 Å². The SMILES string of the molecule is O=[N+]([O-])c1cc(C(F)(F)F)cc2c1OC(N1CC[C@H]3CCCC[C@@H]3C1)N=C2. The van der Waals surface area contributed by atoms with Crippen molar-refractivity contribution >= 4 is 11.9 Å². The van der Waals surface area contributed by atoms with E-state index in [0.29, 0.717) is 17.9 Å². The quantitative estimate of drug-likeness (QED) is 0.566. The first-order valence-electron chi connectivity index (χ1n) is 9.16. The number of alkyl halides is 3. The van der Waals surface area contributed by atoms with Crippen molar-refractivity contribution in [3.8, 4) is 5.75 Å². The zero-order chi connectivity index (χ0) is 19.2. The fourth-order valence-electron chi connectivity index (χ4n) is 4.44. The lowest BCUT2D eigenvalue weighted by Gasteiger charge is -2.43. The Balaban J connectivity index is 1.59. The Morgan fingerprint density at radius 2 is 1.93 bits per heavy atom. The minimum Gasteiger partial charge on any atom is -0.447 e. The third-order valence-electron chi connectivity index (χ3n) is 5.82. The van der Waals surface area contributed by atoms with Gasteiger partial charge in [0.15, 0.2) is 0 Å². The van der Waals surface area contributed by atoms with Gasteiger partial charge in [-0.15, -0.1) is 0 Å². The van der Waals surface area contributed by atoms with Crippen LogP contribution in [0.3, 0.4) is 0 Å². The molecule has 3 aliphatic rings. The average molecular weight is 383 g/mol. The molecule has 2 aliphatic heterocycles. The lowest BCUT2D eigenvalue weighted by Crippen LogP contribution is -2.49. The molecular weight excluding hydrogens is 363 g/mol. The molecule has 4 rings (SSSR count). The summed E-state index contributed by atoms with van der Waals surface area (Å²) in [4.78, 5) is 16.8. The lowest BCUT2D eigenvalue weighted by atomic mass is 9.75. The van der Waals surface area contributed by atoms with Gasteiger partial charge in [0, 0.05) is 30.9 Å². The molecule has 146 valence electrons. The van der Waals surface area contributed by atoms with Gasteiger partial charge in [0.2, 0.25) is 12.1 Å². The number of nitro groups is 1. The lowest BCUT2D eigenvalue weighted by molar-refractivity contribution is -0.386. The molecule has 1 saturated carbocycles. The highest BCUT2D eigenvalue weighted by Crippen LogP contribution is 2.41. The third-order valence-corrected chi connectivity index (χ3v) is 5.82. The van der Waals surface area contributed by atoms with Crippen LogP contribution in [0.25, 0.3) is 0 Å². The number of halogens is 3. The summed E-state index contributed by atoms with van der Waals surface area (Å²) in [5, 5.41) is 11.3. The summed E-state index contributed by atoms with van der Waals surface area (Å²) < 4.78 is 44.8. The van der Waals surface area contributed by atoms with Crippen LogP contribution >= 0.6 is 0 Å². The molecule has 0 amide bonds. The molecule has 1 aliphatic carbocycles. The Morgan fingerprint density at radius 3 is 2.63 bits per heavy atom. The number of ether oxygens (including phenoxy) is 1. The van der Waals surface area contributed by atoms with Gasteiger partial charge in [-0.3, -0.25) is 10.1 Å². The normalized spacial score (nSPS) is 28.2. The first-order chi connectivity index (χ1) is 12.8. The Kier molecular flexibility index (Phi) is 4.57. The molecule has 0 aromatic heterocycles. The first-order valence-corrected chi connectivity index (χ1v) is 9.16. The fourth-order valence-corrected chi connectivity index (χ4v) is 4.44. The van der Waals surface area contributed by atoms with Crippen molar-refractivity contribution in [2.45, 2.75) is 44.6 Å². The van der Waals surface area contributed by atoms with Gasteiger partial charge in [0.05, 0.1) is 10.5 Å². The Hall–Kier alpha value is -2.16. The van der Waals surface area contributed by atoms with E-state index in [1.165, 1.54) is 25.5 Å². The van der Waals surface area contributed by atoms with E-state index in [1.807, 2.05) is 4.90 Å². The molecule has 9 heteroatoms. The van der Waals surface area contributed by atoms with Gasteiger partial charge < -0.3 is 4.74 Å². The monoisotopic (exact) mass is 383 g/mol. The highest BCUT2D eigenvalue weighted by atomic mass is 19.4. The van der Waals surface area contributed by atoms with Gasteiger partial charge in [0.1, 0.15) is 0 Å². The summed E-state index contributed by atoms with van der Waals surface area (Å²) in [6.45, 7) is 1.57. The van der Waals surface area contributed by atoms with Crippen molar-refractivity contribution in [1.82, 2.24) is 4.90 Å².